The molecule has 0 bridgehead atoms. The van der Waals surface area contributed by atoms with Crippen LogP contribution in [0.25, 0.3) is 0 Å². The van der Waals surface area contributed by atoms with E-state index in [0.29, 0.717) is 40.6 Å². The lowest BCUT2D eigenvalue weighted by Gasteiger charge is -2.15. The Hall–Kier alpha value is -2.04. The van der Waals surface area contributed by atoms with E-state index in [1.54, 1.807) is 36.4 Å². The van der Waals surface area contributed by atoms with E-state index in [1.807, 2.05) is 6.07 Å². The molecule has 1 heterocycles. The zero-order valence-electron chi connectivity index (χ0n) is 11.2. The highest BCUT2D eigenvalue weighted by Crippen LogP contribution is 2.31. The Balaban J connectivity index is 2.00. The predicted octanol–water partition coefficient (Wildman–Crippen LogP) is 2.54. The van der Waals surface area contributed by atoms with E-state index in [9.17, 15) is 9.90 Å². The van der Waals surface area contributed by atoms with Crippen molar-refractivity contribution >= 4 is 17.5 Å². The first-order valence-electron chi connectivity index (χ1n) is 6.64. The van der Waals surface area contributed by atoms with Gasteiger partial charge in [0.25, 0.3) is 5.91 Å². The maximum Gasteiger partial charge on any atom is 0.255 e. The van der Waals surface area contributed by atoms with Crippen LogP contribution in [-0.4, -0.2) is 24.2 Å². The van der Waals surface area contributed by atoms with Crippen LogP contribution in [0, 0.1) is 0 Å². The highest BCUT2D eigenvalue weighted by molar-refractivity contribution is 6.31. The third-order valence-corrected chi connectivity index (χ3v) is 3.75. The fourth-order valence-corrected chi connectivity index (χ4v) is 2.56. The van der Waals surface area contributed by atoms with Gasteiger partial charge in [-0.1, -0.05) is 35.9 Å². The summed E-state index contributed by atoms with van der Waals surface area (Å²) in [4.78, 5) is 12.0. The van der Waals surface area contributed by atoms with E-state index in [-0.39, 0.29) is 5.91 Å². The van der Waals surface area contributed by atoms with Crippen LogP contribution in [-0.2, 0) is 0 Å². The molecule has 4 nitrogen and oxygen atoms in total. The van der Waals surface area contributed by atoms with Gasteiger partial charge in [-0.05, 0) is 23.8 Å². The summed E-state index contributed by atoms with van der Waals surface area (Å²) in [7, 11) is 0. The number of nitrogens with one attached hydrogen (secondary N) is 1. The molecule has 1 aliphatic rings. The molecular weight excluding hydrogens is 290 g/mol. The van der Waals surface area contributed by atoms with Crippen molar-refractivity contribution in [1.82, 2.24) is 5.32 Å². The van der Waals surface area contributed by atoms with Gasteiger partial charge in [0.05, 0.1) is 12.1 Å². The van der Waals surface area contributed by atoms with Gasteiger partial charge in [-0.25, -0.2) is 0 Å². The van der Waals surface area contributed by atoms with Crippen molar-refractivity contribution in [1.29, 1.82) is 0 Å². The number of benzene rings is 2. The smallest absolute Gasteiger partial charge is 0.255 e. The minimum Gasteiger partial charge on any atom is -0.491 e. The number of hydrogen-bond donors (Lipinski definition) is 2. The zero-order chi connectivity index (χ0) is 14.8. The lowest BCUT2D eigenvalue weighted by molar-refractivity contribution is 0.0957. The number of carbonyl (C=O) groups excluding carboxylic acids is 1. The lowest BCUT2D eigenvalue weighted by Crippen LogP contribution is -2.24. The Bertz CT molecular complexity index is 687. The maximum atomic E-state index is 12.0. The number of halogens is 1. The topological polar surface area (TPSA) is 58.6 Å². The molecule has 2 aromatic rings. The van der Waals surface area contributed by atoms with Crippen molar-refractivity contribution in [2.75, 3.05) is 13.2 Å². The molecule has 0 radical (unpaired) electrons. The van der Waals surface area contributed by atoms with Crippen molar-refractivity contribution in [2.24, 2.45) is 0 Å². The summed E-state index contributed by atoms with van der Waals surface area (Å²) in [6, 6.07) is 12.2. The first-order valence-corrected chi connectivity index (χ1v) is 7.02. The van der Waals surface area contributed by atoms with Gasteiger partial charge in [0.2, 0.25) is 0 Å². The molecule has 5 heteroatoms. The Morgan fingerprint density at radius 3 is 2.86 bits per heavy atom. The molecule has 0 spiro atoms. The molecule has 108 valence electrons. The van der Waals surface area contributed by atoms with E-state index in [2.05, 4.69) is 5.32 Å². The highest BCUT2D eigenvalue weighted by atomic mass is 35.5. The second-order valence-corrected chi connectivity index (χ2v) is 5.19. The summed E-state index contributed by atoms with van der Waals surface area (Å²) in [5.41, 5.74) is 1.63. The van der Waals surface area contributed by atoms with E-state index < -0.39 is 6.10 Å². The van der Waals surface area contributed by atoms with Crippen LogP contribution in [0.4, 0.5) is 0 Å². The Kier molecular flexibility index (Phi) is 3.82. The number of aliphatic hydroxyl groups is 1. The Morgan fingerprint density at radius 2 is 2.05 bits per heavy atom. The third-order valence-electron chi connectivity index (χ3n) is 3.41. The normalized spacial score (nSPS) is 15.4. The third kappa shape index (κ3) is 2.73. The summed E-state index contributed by atoms with van der Waals surface area (Å²) >= 11 is 6.10. The molecule has 2 N–H and O–H groups in total. The first-order chi connectivity index (χ1) is 10.2. The average molecular weight is 304 g/mol. The summed E-state index contributed by atoms with van der Waals surface area (Å²) in [6.45, 7) is 0.904. The number of carbonyl (C=O) groups is 1. The Labute approximate surface area is 127 Å². The number of aliphatic hydroxyl groups excluding tert-OH is 1. The van der Waals surface area contributed by atoms with E-state index in [4.69, 9.17) is 16.3 Å². The van der Waals surface area contributed by atoms with Crippen LogP contribution >= 0.6 is 11.6 Å². The fourth-order valence-electron chi connectivity index (χ4n) is 2.32. The zero-order valence-corrected chi connectivity index (χ0v) is 11.9. The predicted molar refractivity (Wildman–Crippen MR) is 79.8 cm³/mol. The number of hydrogen-bond acceptors (Lipinski definition) is 3. The monoisotopic (exact) mass is 303 g/mol. The number of ether oxygens (including phenoxy) is 1. The van der Waals surface area contributed by atoms with Gasteiger partial charge >= 0.3 is 0 Å². The fraction of sp³-hybridized carbons (Fsp3) is 0.188. The van der Waals surface area contributed by atoms with Crippen LogP contribution in [0.1, 0.15) is 27.6 Å². The van der Waals surface area contributed by atoms with Crippen molar-refractivity contribution < 1.29 is 14.6 Å². The summed E-state index contributed by atoms with van der Waals surface area (Å²) in [5.74, 6) is 0.329. The molecule has 1 aliphatic heterocycles. The molecule has 1 amide bonds. The molecule has 0 aromatic heterocycles. The average Bonchev–Trinajstić information content (AvgIpc) is 2.69. The van der Waals surface area contributed by atoms with Crippen LogP contribution in [0.3, 0.4) is 0 Å². The largest absolute Gasteiger partial charge is 0.491 e. The summed E-state index contributed by atoms with van der Waals surface area (Å²) in [6.07, 6.45) is -0.889. The van der Waals surface area contributed by atoms with Crippen LogP contribution < -0.4 is 10.1 Å². The Morgan fingerprint density at radius 1 is 1.24 bits per heavy atom. The molecule has 21 heavy (non-hydrogen) atoms. The van der Waals surface area contributed by atoms with Crippen molar-refractivity contribution in [3.63, 3.8) is 0 Å². The van der Waals surface area contributed by atoms with Crippen LogP contribution in [0.15, 0.2) is 42.5 Å². The highest BCUT2D eigenvalue weighted by Gasteiger charge is 2.20. The standard InChI is InChI=1S/C16H14ClNO3/c17-13-4-2-1-3-11(13)15(19)10-5-6-14-12(9-10)16(20)18-7-8-21-14/h1-6,9,15,19H,7-8H2,(H,18,20). The molecule has 3 rings (SSSR count). The second kappa shape index (κ2) is 5.76. The number of fused-ring (bicyclic) bond motifs is 1. The van der Waals surface area contributed by atoms with Crippen molar-refractivity contribution in [3.8, 4) is 5.75 Å². The van der Waals surface area contributed by atoms with Gasteiger partial charge in [0.15, 0.2) is 0 Å². The summed E-state index contributed by atoms with van der Waals surface area (Å²) in [5, 5.41) is 13.7. The van der Waals surface area contributed by atoms with E-state index in [0.717, 1.165) is 0 Å². The maximum absolute atomic E-state index is 12.0. The van der Waals surface area contributed by atoms with Crippen LogP contribution in [0.2, 0.25) is 5.02 Å². The SMILES string of the molecule is O=C1NCCOc2ccc(C(O)c3ccccc3Cl)cc21. The van der Waals surface area contributed by atoms with Crippen LogP contribution in [0.5, 0.6) is 5.75 Å². The van der Waals surface area contributed by atoms with Gasteiger partial charge in [-0.2, -0.15) is 0 Å². The van der Waals surface area contributed by atoms with Gasteiger partial charge in [-0.15, -0.1) is 0 Å². The second-order valence-electron chi connectivity index (χ2n) is 4.78. The molecule has 2 aromatic carbocycles. The minimum atomic E-state index is -0.889. The van der Waals surface area contributed by atoms with E-state index in [1.165, 1.54) is 0 Å². The van der Waals surface area contributed by atoms with Gasteiger partial charge in [0, 0.05) is 10.6 Å². The van der Waals surface area contributed by atoms with Gasteiger partial charge in [0.1, 0.15) is 18.5 Å². The minimum absolute atomic E-state index is 0.198. The number of amides is 1. The van der Waals surface area contributed by atoms with Gasteiger partial charge in [-0.3, -0.25) is 4.79 Å². The molecule has 0 saturated heterocycles. The van der Waals surface area contributed by atoms with Crippen molar-refractivity contribution in [2.45, 2.75) is 6.10 Å². The molecular formula is C16H14ClNO3. The summed E-state index contributed by atoms with van der Waals surface area (Å²) < 4.78 is 5.49. The quantitative estimate of drug-likeness (QED) is 0.896. The molecule has 1 unspecified atom stereocenters. The van der Waals surface area contributed by atoms with E-state index >= 15 is 0 Å². The molecule has 0 fully saturated rings. The molecule has 0 aliphatic carbocycles. The first kappa shape index (κ1) is 13.9. The molecule has 0 saturated carbocycles. The molecule has 1 atom stereocenters. The van der Waals surface area contributed by atoms with Gasteiger partial charge < -0.3 is 15.2 Å². The lowest BCUT2D eigenvalue weighted by atomic mass is 9.99. The van der Waals surface area contributed by atoms with Crippen molar-refractivity contribution in [3.05, 3.63) is 64.2 Å². The number of rotatable bonds is 2.